The fraction of sp³-hybridized carbons (Fsp3) is 0.167. The minimum Gasteiger partial charge on any atom is -0.326 e. The molecule has 4 rings (SSSR count). The smallest absolute Gasteiger partial charge is 0.230 e. The Morgan fingerprint density at radius 1 is 1.07 bits per heavy atom. The van der Waals surface area contributed by atoms with E-state index in [2.05, 4.69) is 31.3 Å². The SMILES string of the molecule is Cc1ccc(-c2nc3c(C)cccn3c2CC(=O)Nc2ccc(F)c(Cl)c2)cc1C. The number of nitrogens with zero attached hydrogens (tertiary/aromatic N) is 2. The number of halogens is 2. The largest absolute Gasteiger partial charge is 0.326 e. The van der Waals surface area contributed by atoms with Gasteiger partial charge in [-0.25, -0.2) is 9.37 Å². The van der Waals surface area contributed by atoms with Crippen molar-refractivity contribution < 1.29 is 9.18 Å². The van der Waals surface area contributed by atoms with Crippen molar-refractivity contribution in [1.29, 1.82) is 0 Å². The molecule has 6 heteroatoms. The summed E-state index contributed by atoms with van der Waals surface area (Å²) in [5.74, 6) is -0.755. The highest BCUT2D eigenvalue weighted by Gasteiger charge is 2.18. The molecule has 4 nitrogen and oxygen atoms in total. The van der Waals surface area contributed by atoms with Crippen molar-refractivity contribution in [3.05, 3.63) is 88.0 Å². The number of carbonyl (C=O) groups is 1. The molecule has 0 radical (unpaired) electrons. The van der Waals surface area contributed by atoms with Gasteiger partial charge in [-0.1, -0.05) is 29.8 Å². The van der Waals surface area contributed by atoms with E-state index in [4.69, 9.17) is 16.6 Å². The predicted molar refractivity (Wildman–Crippen MR) is 119 cm³/mol. The number of anilines is 1. The number of hydrogen-bond acceptors (Lipinski definition) is 2. The molecule has 0 saturated carbocycles. The van der Waals surface area contributed by atoms with Crippen LogP contribution in [0, 0.1) is 26.6 Å². The third-order valence-electron chi connectivity index (χ3n) is 5.26. The van der Waals surface area contributed by atoms with Crippen molar-refractivity contribution in [2.24, 2.45) is 0 Å². The van der Waals surface area contributed by atoms with Gasteiger partial charge in [-0.15, -0.1) is 0 Å². The van der Waals surface area contributed by atoms with Crippen molar-refractivity contribution in [2.45, 2.75) is 27.2 Å². The van der Waals surface area contributed by atoms with E-state index in [-0.39, 0.29) is 17.4 Å². The first kappa shape index (κ1) is 20.1. The van der Waals surface area contributed by atoms with Crippen LogP contribution in [0.4, 0.5) is 10.1 Å². The Bertz CT molecular complexity index is 1280. The lowest BCUT2D eigenvalue weighted by atomic mass is 10.0. The summed E-state index contributed by atoms with van der Waals surface area (Å²) in [6.45, 7) is 6.12. The number of aryl methyl sites for hydroxylation is 3. The topological polar surface area (TPSA) is 46.4 Å². The molecule has 0 fully saturated rings. The first-order valence-corrected chi connectivity index (χ1v) is 10.0. The lowest BCUT2D eigenvalue weighted by Crippen LogP contribution is -2.16. The van der Waals surface area contributed by atoms with Crippen LogP contribution in [0.2, 0.25) is 5.02 Å². The van der Waals surface area contributed by atoms with Gasteiger partial charge in [-0.05, 0) is 67.8 Å². The van der Waals surface area contributed by atoms with Crippen LogP contribution in [0.1, 0.15) is 22.4 Å². The van der Waals surface area contributed by atoms with E-state index in [9.17, 15) is 9.18 Å². The fourth-order valence-electron chi connectivity index (χ4n) is 3.47. The summed E-state index contributed by atoms with van der Waals surface area (Å²) in [7, 11) is 0. The van der Waals surface area contributed by atoms with Gasteiger partial charge in [0.2, 0.25) is 5.91 Å². The van der Waals surface area contributed by atoms with Gasteiger partial charge in [-0.2, -0.15) is 0 Å². The average molecular weight is 422 g/mol. The van der Waals surface area contributed by atoms with Crippen molar-refractivity contribution in [1.82, 2.24) is 9.38 Å². The molecule has 0 aliphatic carbocycles. The standard InChI is InChI=1S/C24H21ClFN3O/c1-14-6-7-17(11-16(14)3)23-21(29-10-4-5-15(2)24(29)28-23)13-22(30)27-18-8-9-20(26)19(25)12-18/h4-12H,13H2,1-3H3,(H,27,30). The van der Waals surface area contributed by atoms with Gasteiger partial charge in [0, 0.05) is 17.4 Å². The van der Waals surface area contributed by atoms with Crippen LogP contribution in [0.5, 0.6) is 0 Å². The third-order valence-corrected chi connectivity index (χ3v) is 5.55. The molecule has 0 spiro atoms. The molecule has 4 aromatic rings. The van der Waals surface area contributed by atoms with E-state index in [0.717, 1.165) is 33.7 Å². The monoisotopic (exact) mass is 421 g/mol. The van der Waals surface area contributed by atoms with Crippen LogP contribution in [0.25, 0.3) is 16.9 Å². The van der Waals surface area contributed by atoms with Crippen molar-refractivity contribution >= 4 is 28.8 Å². The van der Waals surface area contributed by atoms with E-state index in [1.807, 2.05) is 35.7 Å². The first-order valence-electron chi connectivity index (χ1n) is 9.62. The van der Waals surface area contributed by atoms with Crippen LogP contribution in [-0.2, 0) is 11.2 Å². The molecule has 1 amide bonds. The van der Waals surface area contributed by atoms with Crippen LogP contribution in [0.3, 0.4) is 0 Å². The highest BCUT2D eigenvalue weighted by Crippen LogP contribution is 2.28. The number of nitrogens with one attached hydrogen (secondary N) is 1. The van der Waals surface area contributed by atoms with E-state index in [1.54, 1.807) is 0 Å². The van der Waals surface area contributed by atoms with Crippen LogP contribution in [-0.4, -0.2) is 15.3 Å². The Morgan fingerprint density at radius 2 is 1.87 bits per heavy atom. The molecule has 0 bridgehead atoms. The minimum absolute atomic E-state index is 0.0333. The van der Waals surface area contributed by atoms with E-state index < -0.39 is 5.82 Å². The second-order valence-corrected chi connectivity index (χ2v) is 7.85. The Labute approximate surface area is 179 Å². The highest BCUT2D eigenvalue weighted by molar-refractivity contribution is 6.31. The summed E-state index contributed by atoms with van der Waals surface area (Å²) in [5, 5.41) is 2.76. The molecule has 0 atom stereocenters. The number of pyridine rings is 1. The lowest BCUT2D eigenvalue weighted by Gasteiger charge is -2.09. The summed E-state index contributed by atoms with van der Waals surface area (Å²) in [6.07, 6.45) is 2.03. The molecule has 2 heterocycles. The second kappa shape index (κ2) is 7.92. The van der Waals surface area contributed by atoms with Gasteiger partial charge in [0.15, 0.2) is 0 Å². The number of fused-ring (bicyclic) bond motifs is 1. The predicted octanol–water partition coefficient (Wildman–Crippen LogP) is 5.90. The Kier molecular flexibility index (Phi) is 5.31. The molecule has 30 heavy (non-hydrogen) atoms. The molecule has 0 saturated heterocycles. The number of hydrogen-bond donors (Lipinski definition) is 1. The molecule has 0 aliphatic rings. The number of aromatic nitrogens is 2. The summed E-state index contributed by atoms with van der Waals surface area (Å²) >= 11 is 5.83. The second-order valence-electron chi connectivity index (χ2n) is 7.44. The summed E-state index contributed by atoms with van der Waals surface area (Å²) < 4.78 is 15.4. The number of benzene rings is 2. The molecule has 2 aromatic heterocycles. The van der Waals surface area contributed by atoms with Gasteiger partial charge < -0.3 is 9.72 Å². The Morgan fingerprint density at radius 3 is 2.60 bits per heavy atom. The van der Waals surface area contributed by atoms with Crippen molar-refractivity contribution in [3.8, 4) is 11.3 Å². The van der Waals surface area contributed by atoms with Gasteiger partial charge >= 0.3 is 0 Å². The average Bonchev–Trinajstić information content (AvgIpc) is 3.07. The van der Waals surface area contributed by atoms with Gasteiger partial charge in [0.25, 0.3) is 0 Å². The number of imidazole rings is 1. The van der Waals surface area contributed by atoms with Gasteiger partial charge in [0.05, 0.1) is 22.8 Å². The number of rotatable bonds is 4. The van der Waals surface area contributed by atoms with E-state index >= 15 is 0 Å². The summed E-state index contributed by atoms with van der Waals surface area (Å²) in [5.41, 5.74) is 7.20. The zero-order valence-corrected chi connectivity index (χ0v) is 17.7. The maximum absolute atomic E-state index is 13.4. The molecule has 152 valence electrons. The molecular formula is C24H21ClFN3O. The fourth-order valence-corrected chi connectivity index (χ4v) is 3.65. The number of amides is 1. The van der Waals surface area contributed by atoms with Crippen molar-refractivity contribution in [3.63, 3.8) is 0 Å². The van der Waals surface area contributed by atoms with Gasteiger partial charge in [0.1, 0.15) is 11.5 Å². The lowest BCUT2D eigenvalue weighted by molar-refractivity contribution is -0.115. The molecule has 0 unspecified atom stereocenters. The van der Waals surface area contributed by atoms with E-state index in [0.29, 0.717) is 5.69 Å². The van der Waals surface area contributed by atoms with Crippen molar-refractivity contribution in [2.75, 3.05) is 5.32 Å². The zero-order valence-electron chi connectivity index (χ0n) is 17.0. The third kappa shape index (κ3) is 3.81. The van der Waals surface area contributed by atoms with Crippen LogP contribution >= 0.6 is 11.6 Å². The summed E-state index contributed by atoms with van der Waals surface area (Å²) in [6, 6.07) is 14.2. The van der Waals surface area contributed by atoms with Gasteiger partial charge in [-0.3, -0.25) is 4.79 Å². The maximum Gasteiger partial charge on any atom is 0.230 e. The quantitative estimate of drug-likeness (QED) is 0.446. The molecular weight excluding hydrogens is 401 g/mol. The zero-order chi connectivity index (χ0) is 21.4. The summed E-state index contributed by atoms with van der Waals surface area (Å²) in [4.78, 5) is 17.7. The van der Waals surface area contributed by atoms with E-state index in [1.165, 1.54) is 23.8 Å². The Balaban J connectivity index is 1.74. The Hall–Kier alpha value is -3.18. The molecule has 2 aromatic carbocycles. The maximum atomic E-state index is 13.4. The molecule has 1 N–H and O–H groups in total. The van der Waals surface area contributed by atoms with Crippen LogP contribution < -0.4 is 5.32 Å². The highest BCUT2D eigenvalue weighted by atomic mass is 35.5. The normalized spacial score (nSPS) is 11.1. The minimum atomic E-state index is -0.524. The number of carbonyl (C=O) groups excluding carboxylic acids is 1. The first-order chi connectivity index (χ1) is 14.3. The molecule has 0 aliphatic heterocycles. The van der Waals surface area contributed by atoms with Crippen LogP contribution in [0.15, 0.2) is 54.7 Å².